The van der Waals surface area contributed by atoms with Gasteiger partial charge in [0.05, 0.1) is 6.61 Å². The Hall–Kier alpha value is -0.420. The Morgan fingerprint density at radius 2 is 2.11 bits per heavy atom. The lowest BCUT2D eigenvalue weighted by Gasteiger charge is -2.33. The van der Waals surface area contributed by atoms with E-state index in [0.29, 0.717) is 18.7 Å². The number of carbonyl (C=O) groups is 1. The van der Waals surface area contributed by atoms with Crippen LogP contribution in [-0.2, 0) is 4.74 Å². The van der Waals surface area contributed by atoms with Crippen molar-refractivity contribution >= 4 is 17.9 Å². The van der Waals surface area contributed by atoms with Crippen LogP contribution in [0.2, 0.25) is 0 Å². The molecule has 2 aliphatic rings. The van der Waals surface area contributed by atoms with Gasteiger partial charge in [0.2, 0.25) is 0 Å². The normalized spacial score (nSPS) is 29.6. The van der Waals surface area contributed by atoms with Crippen LogP contribution in [0.5, 0.6) is 0 Å². The van der Waals surface area contributed by atoms with Crippen molar-refractivity contribution < 1.29 is 9.53 Å². The van der Waals surface area contributed by atoms with Gasteiger partial charge in [-0.3, -0.25) is 0 Å². The summed E-state index contributed by atoms with van der Waals surface area (Å²) in [5.41, 5.74) is 0. The third-order valence-electron chi connectivity index (χ3n) is 3.69. The Labute approximate surface area is 114 Å². The second-order valence-corrected chi connectivity index (χ2v) is 6.67. The number of hydrogen-bond acceptors (Lipinski definition) is 4. The minimum absolute atomic E-state index is 0.152. The van der Waals surface area contributed by atoms with E-state index in [-0.39, 0.29) is 6.09 Å². The zero-order valence-corrected chi connectivity index (χ0v) is 12.2. The summed E-state index contributed by atoms with van der Waals surface area (Å²) in [5.74, 6) is 1.24. The summed E-state index contributed by atoms with van der Waals surface area (Å²) < 4.78 is 5.03. The maximum atomic E-state index is 11.6. The van der Waals surface area contributed by atoms with E-state index in [1.165, 1.54) is 12.2 Å². The van der Waals surface area contributed by atoms with E-state index in [2.05, 4.69) is 24.0 Å². The molecule has 0 spiro atoms. The Balaban J connectivity index is 1.68. The van der Waals surface area contributed by atoms with Crippen LogP contribution < -0.4 is 5.32 Å². The lowest BCUT2D eigenvalue weighted by atomic mass is 10.0. The number of piperidine rings is 1. The van der Waals surface area contributed by atoms with Crippen molar-refractivity contribution in [3.8, 4) is 0 Å². The van der Waals surface area contributed by atoms with Crippen molar-refractivity contribution in [2.75, 3.05) is 25.4 Å². The summed E-state index contributed by atoms with van der Waals surface area (Å²) in [6.07, 6.45) is 3.23. The van der Waals surface area contributed by atoms with Crippen molar-refractivity contribution in [2.45, 2.75) is 50.4 Å². The van der Waals surface area contributed by atoms with Gasteiger partial charge in [-0.15, -0.1) is 0 Å². The number of ether oxygens (including phenoxy) is 1. The van der Waals surface area contributed by atoms with E-state index in [1.54, 1.807) is 0 Å². The van der Waals surface area contributed by atoms with Crippen LogP contribution >= 0.6 is 11.8 Å². The Morgan fingerprint density at radius 1 is 1.39 bits per heavy atom. The predicted octanol–water partition coefficient (Wildman–Crippen LogP) is 2.09. The summed E-state index contributed by atoms with van der Waals surface area (Å²) in [6, 6.07) is 1.25. The number of amides is 1. The average molecular weight is 272 g/mol. The largest absolute Gasteiger partial charge is 0.450 e. The average Bonchev–Trinajstić information content (AvgIpc) is 2.76. The van der Waals surface area contributed by atoms with Gasteiger partial charge in [-0.25, -0.2) is 4.79 Å². The Morgan fingerprint density at radius 3 is 2.67 bits per heavy atom. The molecular formula is C13H24N2O2S. The number of carbonyl (C=O) groups excluding carboxylic acids is 1. The molecule has 2 rings (SSSR count). The number of rotatable bonds is 3. The molecule has 4 nitrogen and oxygen atoms in total. The summed E-state index contributed by atoms with van der Waals surface area (Å²) >= 11 is 2.06. The lowest BCUT2D eigenvalue weighted by Crippen LogP contribution is -2.48. The molecule has 1 N–H and O–H groups in total. The van der Waals surface area contributed by atoms with Crippen LogP contribution in [-0.4, -0.2) is 53.8 Å². The fourth-order valence-electron chi connectivity index (χ4n) is 2.71. The molecular weight excluding hydrogens is 248 g/mol. The number of nitrogens with zero attached hydrogens (tertiary/aromatic N) is 1. The van der Waals surface area contributed by atoms with Crippen molar-refractivity contribution in [2.24, 2.45) is 0 Å². The second kappa shape index (κ2) is 6.66. The number of thioether (sulfide) groups is 1. The van der Waals surface area contributed by atoms with Crippen LogP contribution in [0.3, 0.4) is 0 Å². The highest BCUT2D eigenvalue weighted by Gasteiger charge is 2.28. The molecule has 2 aliphatic heterocycles. The van der Waals surface area contributed by atoms with Gasteiger partial charge < -0.3 is 15.0 Å². The molecule has 2 saturated heterocycles. The molecule has 2 atom stereocenters. The molecule has 18 heavy (non-hydrogen) atoms. The van der Waals surface area contributed by atoms with Gasteiger partial charge >= 0.3 is 6.09 Å². The summed E-state index contributed by atoms with van der Waals surface area (Å²) in [6.45, 7) is 6.27. The number of nitrogens with one attached hydrogen (secondary N) is 1. The van der Waals surface area contributed by atoms with E-state index in [9.17, 15) is 4.79 Å². The third kappa shape index (κ3) is 3.79. The molecule has 0 aromatic carbocycles. The molecule has 0 aliphatic carbocycles. The summed E-state index contributed by atoms with van der Waals surface area (Å²) in [4.78, 5) is 13.4. The zero-order chi connectivity index (χ0) is 13.0. The van der Waals surface area contributed by atoms with Crippen molar-refractivity contribution in [1.29, 1.82) is 0 Å². The highest BCUT2D eigenvalue weighted by molar-refractivity contribution is 8.00. The van der Waals surface area contributed by atoms with Gasteiger partial charge in [-0.2, -0.15) is 11.8 Å². The van der Waals surface area contributed by atoms with Crippen LogP contribution in [0.15, 0.2) is 0 Å². The molecule has 0 bridgehead atoms. The standard InChI is InChI=1S/C13H24N2O2S/c1-3-17-13(16)15-6-4-11(5-7-15)14-12-8-10(2)18-9-12/h10-12,14H,3-9H2,1-2H3. The van der Waals surface area contributed by atoms with Crippen molar-refractivity contribution in [3.63, 3.8) is 0 Å². The number of likely N-dealkylation sites (tertiary alicyclic amines) is 1. The highest BCUT2D eigenvalue weighted by atomic mass is 32.2. The number of hydrogen-bond donors (Lipinski definition) is 1. The Kier molecular flexibility index (Phi) is 5.18. The third-order valence-corrected chi connectivity index (χ3v) is 5.05. The molecule has 0 radical (unpaired) electrons. The molecule has 0 aromatic rings. The fraction of sp³-hybridized carbons (Fsp3) is 0.923. The van der Waals surface area contributed by atoms with E-state index in [0.717, 1.165) is 31.2 Å². The van der Waals surface area contributed by atoms with Gasteiger partial charge in [-0.1, -0.05) is 6.92 Å². The zero-order valence-electron chi connectivity index (χ0n) is 11.4. The van der Waals surface area contributed by atoms with Crippen molar-refractivity contribution in [3.05, 3.63) is 0 Å². The van der Waals surface area contributed by atoms with Crippen LogP contribution in [0.1, 0.15) is 33.1 Å². The minimum Gasteiger partial charge on any atom is -0.450 e. The molecule has 5 heteroatoms. The smallest absolute Gasteiger partial charge is 0.409 e. The van der Waals surface area contributed by atoms with Gasteiger partial charge in [0.1, 0.15) is 0 Å². The summed E-state index contributed by atoms with van der Waals surface area (Å²) in [5, 5.41) is 4.53. The SMILES string of the molecule is CCOC(=O)N1CCC(NC2CSC(C)C2)CC1. The second-order valence-electron chi connectivity index (χ2n) is 5.20. The maximum Gasteiger partial charge on any atom is 0.409 e. The first-order chi connectivity index (χ1) is 8.69. The van der Waals surface area contributed by atoms with Crippen LogP contribution in [0.4, 0.5) is 4.79 Å². The maximum absolute atomic E-state index is 11.6. The quantitative estimate of drug-likeness (QED) is 0.854. The van der Waals surface area contributed by atoms with Crippen LogP contribution in [0.25, 0.3) is 0 Å². The monoisotopic (exact) mass is 272 g/mol. The fourth-order valence-corrected chi connectivity index (χ4v) is 3.87. The Bertz CT molecular complexity index is 280. The lowest BCUT2D eigenvalue weighted by molar-refractivity contribution is 0.0944. The first-order valence-corrected chi connectivity index (χ1v) is 8.03. The predicted molar refractivity (Wildman–Crippen MR) is 75.1 cm³/mol. The first kappa shape index (κ1) is 14.0. The van der Waals surface area contributed by atoms with E-state index >= 15 is 0 Å². The van der Waals surface area contributed by atoms with Gasteiger partial charge in [0.25, 0.3) is 0 Å². The molecule has 1 amide bonds. The van der Waals surface area contributed by atoms with Crippen molar-refractivity contribution in [1.82, 2.24) is 10.2 Å². The molecule has 104 valence electrons. The van der Waals surface area contributed by atoms with Crippen LogP contribution in [0, 0.1) is 0 Å². The van der Waals surface area contributed by atoms with E-state index in [4.69, 9.17) is 4.74 Å². The van der Waals surface area contributed by atoms with E-state index in [1.807, 2.05) is 11.8 Å². The highest BCUT2D eigenvalue weighted by Crippen LogP contribution is 2.27. The molecule has 2 heterocycles. The topological polar surface area (TPSA) is 41.6 Å². The molecule has 0 aromatic heterocycles. The molecule has 0 saturated carbocycles. The molecule has 2 fully saturated rings. The molecule has 2 unspecified atom stereocenters. The first-order valence-electron chi connectivity index (χ1n) is 6.98. The van der Waals surface area contributed by atoms with Gasteiger partial charge in [0.15, 0.2) is 0 Å². The minimum atomic E-state index is -0.152. The van der Waals surface area contributed by atoms with E-state index < -0.39 is 0 Å². The van der Waals surface area contributed by atoms with Gasteiger partial charge in [0, 0.05) is 36.2 Å². The summed E-state index contributed by atoms with van der Waals surface area (Å²) in [7, 11) is 0. The van der Waals surface area contributed by atoms with Gasteiger partial charge in [-0.05, 0) is 26.2 Å².